The van der Waals surface area contributed by atoms with Gasteiger partial charge in [0.15, 0.2) is 5.78 Å². The van der Waals surface area contributed by atoms with E-state index in [1.165, 1.54) is 0 Å². The number of aliphatic carboxylic acids is 1. The lowest BCUT2D eigenvalue weighted by Gasteiger charge is -1.93. The fourth-order valence-electron chi connectivity index (χ4n) is 0.459. The number of hydrogen-bond acceptors (Lipinski definition) is 3. The van der Waals surface area contributed by atoms with Crippen molar-refractivity contribution in [2.45, 2.75) is 12.8 Å². The van der Waals surface area contributed by atoms with E-state index in [1.807, 2.05) is 0 Å². The lowest BCUT2D eigenvalue weighted by atomic mass is 10.2. The van der Waals surface area contributed by atoms with Crippen LogP contribution in [0.5, 0.6) is 0 Å². The van der Waals surface area contributed by atoms with Crippen molar-refractivity contribution < 1.29 is 19.8 Å². The third kappa shape index (κ3) is 4.83. The van der Waals surface area contributed by atoms with Crippen molar-refractivity contribution in [3.63, 3.8) is 0 Å². The number of hydrogen-bond donors (Lipinski definition) is 2. The standard InChI is InChI=1S/C6H8O4/c1-4(7)2-5(8)3-6(9)10/h7H,1-3H2,(H,9,10). The lowest BCUT2D eigenvalue weighted by molar-refractivity contribution is -0.140. The van der Waals surface area contributed by atoms with Crippen molar-refractivity contribution >= 4 is 11.8 Å². The lowest BCUT2D eigenvalue weighted by Crippen LogP contribution is -2.06. The summed E-state index contributed by atoms with van der Waals surface area (Å²) in [6.07, 6.45) is -0.828. The molecule has 0 saturated carbocycles. The summed E-state index contributed by atoms with van der Waals surface area (Å²) in [6, 6.07) is 0. The Hall–Kier alpha value is -1.32. The van der Waals surface area contributed by atoms with Gasteiger partial charge in [-0.25, -0.2) is 0 Å². The maximum Gasteiger partial charge on any atom is 0.310 e. The molecular weight excluding hydrogens is 136 g/mol. The van der Waals surface area contributed by atoms with E-state index in [0.717, 1.165) is 0 Å². The zero-order valence-electron chi connectivity index (χ0n) is 5.33. The summed E-state index contributed by atoms with van der Waals surface area (Å²) in [5.41, 5.74) is 0. The number of carboxylic acids is 1. The predicted octanol–water partition coefficient (Wildman–Crippen LogP) is 0.492. The van der Waals surface area contributed by atoms with Gasteiger partial charge in [-0.1, -0.05) is 6.58 Å². The number of carboxylic acid groups (broad SMARTS) is 1. The summed E-state index contributed by atoms with van der Waals surface area (Å²) in [4.78, 5) is 20.3. The molecule has 0 rings (SSSR count). The molecule has 10 heavy (non-hydrogen) atoms. The quantitative estimate of drug-likeness (QED) is 0.444. The van der Waals surface area contributed by atoms with E-state index in [2.05, 4.69) is 6.58 Å². The Morgan fingerprint density at radius 3 is 2.00 bits per heavy atom. The third-order valence-electron chi connectivity index (χ3n) is 0.750. The van der Waals surface area contributed by atoms with E-state index in [4.69, 9.17) is 10.2 Å². The van der Waals surface area contributed by atoms with Gasteiger partial charge in [-0.15, -0.1) is 0 Å². The van der Waals surface area contributed by atoms with E-state index in [0.29, 0.717) is 0 Å². The Bertz CT molecular complexity index is 153. The van der Waals surface area contributed by atoms with Crippen molar-refractivity contribution in [3.05, 3.63) is 12.3 Å². The van der Waals surface area contributed by atoms with Gasteiger partial charge in [0.05, 0.1) is 12.2 Å². The summed E-state index contributed by atoms with van der Waals surface area (Å²) in [6.45, 7) is 3.04. The molecule has 0 aliphatic rings. The second-order valence-electron chi connectivity index (χ2n) is 1.85. The number of aliphatic hydroxyl groups is 1. The van der Waals surface area contributed by atoms with Gasteiger partial charge in [-0.3, -0.25) is 9.59 Å². The molecule has 0 aromatic carbocycles. The van der Waals surface area contributed by atoms with Crippen LogP contribution >= 0.6 is 0 Å². The highest BCUT2D eigenvalue weighted by molar-refractivity contribution is 5.95. The predicted molar refractivity (Wildman–Crippen MR) is 33.6 cm³/mol. The average molecular weight is 144 g/mol. The van der Waals surface area contributed by atoms with Gasteiger partial charge in [0.1, 0.15) is 6.42 Å². The van der Waals surface area contributed by atoms with Crippen LogP contribution in [0.4, 0.5) is 0 Å². The summed E-state index contributed by atoms with van der Waals surface area (Å²) in [7, 11) is 0. The van der Waals surface area contributed by atoms with Crippen molar-refractivity contribution in [3.8, 4) is 0 Å². The number of carbonyl (C=O) groups is 2. The number of carbonyl (C=O) groups excluding carboxylic acids is 1. The van der Waals surface area contributed by atoms with Crippen molar-refractivity contribution in [1.82, 2.24) is 0 Å². The molecule has 0 radical (unpaired) electrons. The summed E-state index contributed by atoms with van der Waals surface area (Å²) >= 11 is 0. The fourth-order valence-corrected chi connectivity index (χ4v) is 0.459. The monoisotopic (exact) mass is 144 g/mol. The van der Waals surface area contributed by atoms with Crippen LogP contribution in [0.3, 0.4) is 0 Å². The summed E-state index contributed by atoms with van der Waals surface area (Å²) in [5, 5.41) is 16.5. The number of aliphatic hydroxyl groups excluding tert-OH is 1. The van der Waals surface area contributed by atoms with Crippen molar-refractivity contribution in [2.75, 3.05) is 0 Å². The molecule has 0 fully saturated rings. The highest BCUT2D eigenvalue weighted by atomic mass is 16.4. The Labute approximate surface area is 57.8 Å². The molecular formula is C6H8O4. The van der Waals surface area contributed by atoms with Crippen LogP contribution in [-0.2, 0) is 9.59 Å². The second-order valence-corrected chi connectivity index (χ2v) is 1.85. The first kappa shape index (κ1) is 8.68. The number of ketones is 1. The average Bonchev–Trinajstić information content (AvgIpc) is 1.58. The van der Waals surface area contributed by atoms with Gasteiger partial charge < -0.3 is 10.2 Å². The molecule has 4 nitrogen and oxygen atoms in total. The van der Waals surface area contributed by atoms with Gasteiger partial charge in [0, 0.05) is 0 Å². The molecule has 0 aliphatic carbocycles. The molecule has 0 aromatic heterocycles. The Balaban J connectivity index is 3.65. The van der Waals surface area contributed by atoms with Crippen LogP contribution in [0, 0.1) is 0 Å². The van der Waals surface area contributed by atoms with Gasteiger partial charge in [-0.05, 0) is 0 Å². The molecule has 0 amide bonds. The molecule has 0 aliphatic heterocycles. The van der Waals surface area contributed by atoms with Gasteiger partial charge >= 0.3 is 5.97 Å². The van der Waals surface area contributed by atoms with Gasteiger partial charge in [-0.2, -0.15) is 0 Å². The number of allylic oxidation sites excluding steroid dienone is 1. The first-order valence-electron chi connectivity index (χ1n) is 2.62. The third-order valence-corrected chi connectivity index (χ3v) is 0.750. The van der Waals surface area contributed by atoms with E-state index in [9.17, 15) is 9.59 Å². The normalized spacial score (nSPS) is 8.80. The summed E-state index contributed by atoms with van der Waals surface area (Å²) < 4.78 is 0. The van der Waals surface area contributed by atoms with Crippen LogP contribution in [0.2, 0.25) is 0 Å². The highest BCUT2D eigenvalue weighted by Gasteiger charge is 2.07. The van der Waals surface area contributed by atoms with Crippen LogP contribution in [0.15, 0.2) is 12.3 Å². The molecule has 0 heterocycles. The van der Waals surface area contributed by atoms with E-state index < -0.39 is 18.2 Å². The Morgan fingerprint density at radius 1 is 1.20 bits per heavy atom. The molecule has 4 heteroatoms. The van der Waals surface area contributed by atoms with E-state index in [1.54, 1.807) is 0 Å². The first-order chi connectivity index (χ1) is 4.52. The maximum absolute atomic E-state index is 10.5. The van der Waals surface area contributed by atoms with Crippen molar-refractivity contribution in [1.29, 1.82) is 0 Å². The molecule has 56 valence electrons. The molecule has 0 atom stereocenters. The molecule has 0 aromatic rings. The number of rotatable bonds is 4. The Kier molecular flexibility index (Phi) is 3.17. The zero-order chi connectivity index (χ0) is 8.15. The second kappa shape index (κ2) is 3.66. The van der Waals surface area contributed by atoms with Gasteiger partial charge in [0.2, 0.25) is 0 Å². The summed E-state index contributed by atoms with van der Waals surface area (Å²) in [5.74, 6) is -2.03. The van der Waals surface area contributed by atoms with Crippen LogP contribution in [0.1, 0.15) is 12.8 Å². The first-order valence-corrected chi connectivity index (χ1v) is 2.62. The van der Waals surface area contributed by atoms with Crippen LogP contribution in [0.25, 0.3) is 0 Å². The van der Waals surface area contributed by atoms with Crippen LogP contribution < -0.4 is 0 Å². The molecule has 2 N–H and O–H groups in total. The minimum absolute atomic E-state index is 0.272. The fraction of sp³-hybridized carbons (Fsp3) is 0.333. The minimum Gasteiger partial charge on any atom is -0.512 e. The maximum atomic E-state index is 10.5. The SMILES string of the molecule is C=C(O)CC(=O)CC(=O)O. The van der Waals surface area contributed by atoms with Crippen molar-refractivity contribution in [2.24, 2.45) is 0 Å². The molecule has 0 bridgehead atoms. The molecule has 0 unspecified atom stereocenters. The number of Topliss-reactive ketones (excluding diaryl/α,β-unsaturated/α-hetero) is 1. The largest absolute Gasteiger partial charge is 0.512 e. The van der Waals surface area contributed by atoms with E-state index >= 15 is 0 Å². The highest BCUT2D eigenvalue weighted by Crippen LogP contribution is 1.96. The smallest absolute Gasteiger partial charge is 0.310 e. The van der Waals surface area contributed by atoms with Gasteiger partial charge in [0.25, 0.3) is 0 Å². The minimum atomic E-state index is -1.19. The molecule has 0 spiro atoms. The van der Waals surface area contributed by atoms with E-state index in [-0.39, 0.29) is 12.2 Å². The van der Waals surface area contributed by atoms with Crippen LogP contribution in [-0.4, -0.2) is 22.0 Å². The topological polar surface area (TPSA) is 74.6 Å². The Morgan fingerprint density at radius 2 is 1.70 bits per heavy atom. The zero-order valence-corrected chi connectivity index (χ0v) is 5.33. The molecule has 0 saturated heterocycles.